The van der Waals surface area contributed by atoms with Gasteiger partial charge in [-0.2, -0.15) is 0 Å². The summed E-state index contributed by atoms with van der Waals surface area (Å²) in [6.45, 7) is 7.47. The molecule has 1 saturated carbocycles. The van der Waals surface area contributed by atoms with E-state index in [4.69, 9.17) is 14.2 Å². The van der Waals surface area contributed by atoms with Gasteiger partial charge in [0.25, 0.3) is 0 Å². The van der Waals surface area contributed by atoms with Crippen LogP contribution in [0.15, 0.2) is 60.9 Å². The summed E-state index contributed by atoms with van der Waals surface area (Å²) < 4.78 is 46.1. The zero-order chi connectivity index (χ0) is 33.8. The predicted octanol–water partition coefficient (Wildman–Crippen LogP) is 5.33. The third kappa shape index (κ3) is 7.16. The summed E-state index contributed by atoms with van der Waals surface area (Å²) in [5.74, 6) is -1.51. The highest BCUT2D eigenvalue weighted by molar-refractivity contribution is 6.17. The van der Waals surface area contributed by atoms with Crippen LogP contribution in [-0.4, -0.2) is 85.1 Å². The molecule has 6 rings (SSSR count). The minimum atomic E-state index is -1.33. The molecule has 2 aliphatic rings. The van der Waals surface area contributed by atoms with Gasteiger partial charge in [-0.05, 0) is 68.3 Å². The molecule has 0 bridgehead atoms. The summed E-state index contributed by atoms with van der Waals surface area (Å²) in [6.07, 6.45) is 2.51. The van der Waals surface area contributed by atoms with Crippen LogP contribution in [0.1, 0.15) is 19.8 Å². The fraction of sp³-hybridized carbons (Fsp3) is 0.371. The van der Waals surface area contributed by atoms with Gasteiger partial charge in [0.05, 0.1) is 24.6 Å². The maximum Gasteiger partial charge on any atom is 0.240 e. The molecular formula is C35H38F2N6O5. The molecule has 0 spiro atoms. The zero-order valence-electron chi connectivity index (χ0n) is 27.1. The van der Waals surface area contributed by atoms with E-state index in [-0.39, 0.29) is 23.2 Å². The number of ether oxygens (including phenoxy) is 3. The van der Waals surface area contributed by atoms with Crippen LogP contribution in [0.4, 0.5) is 20.2 Å². The van der Waals surface area contributed by atoms with E-state index in [1.807, 2.05) is 0 Å². The Balaban J connectivity index is 1.10. The van der Waals surface area contributed by atoms with Gasteiger partial charge in [-0.25, -0.2) is 18.7 Å². The first-order valence-corrected chi connectivity index (χ1v) is 15.9. The second-order valence-electron chi connectivity index (χ2n) is 12.3. The van der Waals surface area contributed by atoms with Crippen molar-refractivity contribution in [2.75, 3.05) is 64.1 Å². The van der Waals surface area contributed by atoms with E-state index >= 15 is 4.39 Å². The summed E-state index contributed by atoms with van der Waals surface area (Å²) in [5.41, 5.74) is -0.273. The fourth-order valence-electron chi connectivity index (χ4n) is 5.88. The number of rotatable bonds is 12. The highest BCUT2D eigenvalue weighted by atomic mass is 19.1. The lowest BCUT2D eigenvalue weighted by molar-refractivity contribution is -0.131. The van der Waals surface area contributed by atoms with Crippen LogP contribution in [0.3, 0.4) is 0 Å². The Labute approximate surface area is 277 Å². The minimum Gasteiger partial charge on any atom is -0.493 e. The Morgan fingerprint density at radius 3 is 2.27 bits per heavy atom. The monoisotopic (exact) mass is 660 g/mol. The first kappa shape index (κ1) is 33.0. The molecule has 1 saturated heterocycles. The van der Waals surface area contributed by atoms with Crippen LogP contribution in [0, 0.1) is 23.0 Å². The van der Waals surface area contributed by atoms with E-state index < -0.39 is 28.9 Å². The van der Waals surface area contributed by atoms with Gasteiger partial charge in [-0.15, -0.1) is 0 Å². The minimum absolute atomic E-state index is 0.110. The van der Waals surface area contributed by atoms with Gasteiger partial charge in [0.15, 0.2) is 23.1 Å². The Hall–Kier alpha value is -4.88. The highest BCUT2D eigenvalue weighted by Gasteiger charge is 2.63. The van der Waals surface area contributed by atoms with Crippen molar-refractivity contribution in [3.8, 4) is 23.1 Å². The van der Waals surface area contributed by atoms with Crippen molar-refractivity contribution in [3.05, 3.63) is 72.6 Å². The summed E-state index contributed by atoms with van der Waals surface area (Å²) in [7, 11) is 3.67. The van der Waals surface area contributed by atoms with E-state index in [1.165, 1.54) is 49.8 Å². The van der Waals surface area contributed by atoms with Gasteiger partial charge in [-0.3, -0.25) is 9.59 Å². The molecule has 4 aromatic rings. The predicted molar refractivity (Wildman–Crippen MR) is 176 cm³/mol. The summed E-state index contributed by atoms with van der Waals surface area (Å²) in [5, 5.41) is 5.83. The van der Waals surface area contributed by atoms with E-state index in [1.54, 1.807) is 19.1 Å². The van der Waals surface area contributed by atoms with Crippen molar-refractivity contribution in [1.29, 1.82) is 0 Å². The number of anilines is 2. The zero-order valence-corrected chi connectivity index (χ0v) is 27.1. The van der Waals surface area contributed by atoms with Crippen LogP contribution in [0.5, 0.6) is 23.1 Å². The summed E-state index contributed by atoms with van der Waals surface area (Å²) >= 11 is 0. The molecular weight excluding hydrogens is 622 g/mol. The molecule has 2 fully saturated rings. The quantitative estimate of drug-likeness (QED) is 0.154. The third-order valence-corrected chi connectivity index (χ3v) is 8.97. The Kier molecular flexibility index (Phi) is 9.69. The number of halogens is 2. The average molecular weight is 661 g/mol. The van der Waals surface area contributed by atoms with Gasteiger partial charge < -0.3 is 34.6 Å². The number of aromatic nitrogens is 2. The number of nitrogens with zero attached hydrogens (tertiary/aromatic N) is 4. The summed E-state index contributed by atoms with van der Waals surface area (Å²) in [4.78, 5) is 39.6. The maximum atomic E-state index is 15.3. The van der Waals surface area contributed by atoms with Crippen LogP contribution in [0.25, 0.3) is 10.9 Å². The van der Waals surface area contributed by atoms with Crippen LogP contribution in [0.2, 0.25) is 0 Å². The second kappa shape index (κ2) is 14.1. The number of carbonyl (C=O) groups is 2. The Morgan fingerprint density at radius 2 is 1.60 bits per heavy atom. The number of fused-ring (bicyclic) bond motifs is 1. The van der Waals surface area contributed by atoms with E-state index in [9.17, 15) is 14.0 Å². The number of piperazine rings is 1. The maximum absolute atomic E-state index is 15.3. The Bertz CT molecular complexity index is 1800. The number of hydrogen-bond acceptors (Lipinski definition) is 9. The van der Waals surface area contributed by atoms with Crippen molar-refractivity contribution in [2.24, 2.45) is 11.3 Å². The lowest BCUT2D eigenvalue weighted by Gasteiger charge is -2.32. The highest BCUT2D eigenvalue weighted by Crippen LogP contribution is 2.53. The van der Waals surface area contributed by atoms with Crippen molar-refractivity contribution in [2.45, 2.75) is 19.8 Å². The summed E-state index contributed by atoms with van der Waals surface area (Å²) in [6, 6.07) is 12.7. The van der Waals surface area contributed by atoms with Gasteiger partial charge in [0, 0.05) is 56.2 Å². The van der Waals surface area contributed by atoms with E-state index in [0.29, 0.717) is 41.1 Å². The van der Waals surface area contributed by atoms with Crippen LogP contribution < -0.4 is 24.8 Å². The fourth-order valence-corrected chi connectivity index (χ4v) is 5.88. The number of methoxy groups -OCH3 is 1. The van der Waals surface area contributed by atoms with Gasteiger partial charge in [-0.1, -0.05) is 6.92 Å². The molecule has 2 atom stereocenters. The number of likely N-dealkylation sites (N-methyl/N-ethyl adjacent to an activating group) is 1. The molecule has 0 unspecified atom stereocenters. The molecule has 252 valence electrons. The van der Waals surface area contributed by atoms with Crippen molar-refractivity contribution < 1.29 is 32.6 Å². The lowest BCUT2D eigenvalue weighted by Crippen LogP contribution is -2.44. The van der Waals surface area contributed by atoms with E-state index in [2.05, 4.69) is 37.4 Å². The lowest BCUT2D eigenvalue weighted by atomic mass is 10.0. The number of nitrogens with one attached hydrogen (secondary N) is 2. The molecule has 3 aromatic carbocycles. The smallest absolute Gasteiger partial charge is 0.240 e. The molecule has 0 radical (unpaired) electrons. The average Bonchev–Trinajstić information content (AvgIpc) is 3.78. The molecule has 13 heteroatoms. The van der Waals surface area contributed by atoms with Crippen molar-refractivity contribution >= 4 is 34.1 Å². The normalized spacial score (nSPS) is 19.5. The van der Waals surface area contributed by atoms with Crippen molar-refractivity contribution in [3.63, 3.8) is 0 Å². The third-order valence-electron chi connectivity index (χ3n) is 8.97. The van der Waals surface area contributed by atoms with Gasteiger partial charge >= 0.3 is 0 Å². The molecule has 1 aliphatic heterocycles. The standard InChI is InChI=1S/C35H38F2N6O5/c1-22-20-35(22,33(44)40-24-7-5-23(36)6-8-24)34(45)41-25-9-10-29(27(37)17-25)48-32-26-18-30(46-3)31(19-28(26)38-21-39-32)47-16-4-11-43-14-12-42(2)13-15-43/h5-10,17-19,21-22H,4,11-16,20H2,1-3H3,(H,40,44)(H,41,45)/t22-,35+/m0/s1. The molecule has 2 heterocycles. The molecule has 2 amide bonds. The Morgan fingerprint density at radius 1 is 0.917 bits per heavy atom. The SMILES string of the molecule is COc1cc2c(Oc3ccc(NC(=O)[C@]4(C(=O)Nc5ccc(F)cc5)C[C@@H]4C)cc3F)ncnc2cc1OCCCN1CCN(C)CC1. The van der Waals surface area contributed by atoms with Crippen LogP contribution in [-0.2, 0) is 9.59 Å². The van der Waals surface area contributed by atoms with Crippen molar-refractivity contribution in [1.82, 2.24) is 19.8 Å². The van der Waals surface area contributed by atoms with Gasteiger partial charge in [0.2, 0.25) is 17.7 Å². The topological polar surface area (TPSA) is 118 Å². The number of carbonyl (C=O) groups excluding carboxylic acids is 2. The first-order chi connectivity index (χ1) is 23.2. The second-order valence-corrected chi connectivity index (χ2v) is 12.3. The molecule has 48 heavy (non-hydrogen) atoms. The largest absolute Gasteiger partial charge is 0.493 e. The number of amides is 2. The van der Waals surface area contributed by atoms with E-state index in [0.717, 1.165) is 45.2 Å². The molecule has 11 nitrogen and oxygen atoms in total. The van der Waals surface area contributed by atoms with Crippen LogP contribution >= 0.6 is 0 Å². The number of benzene rings is 3. The number of hydrogen-bond donors (Lipinski definition) is 2. The first-order valence-electron chi connectivity index (χ1n) is 15.9. The van der Waals surface area contributed by atoms with Gasteiger partial charge in [0.1, 0.15) is 17.6 Å². The molecule has 1 aliphatic carbocycles. The molecule has 2 N–H and O–H groups in total. The molecule has 1 aromatic heterocycles.